The van der Waals surface area contributed by atoms with Gasteiger partial charge in [0.15, 0.2) is 0 Å². The minimum atomic E-state index is -2.04. The molecule has 0 spiro atoms. The van der Waals surface area contributed by atoms with Crippen molar-refractivity contribution in [2.75, 3.05) is 12.3 Å². The quantitative estimate of drug-likeness (QED) is 0.0769. The Morgan fingerprint density at radius 1 is 0.731 bits per heavy atom. The van der Waals surface area contributed by atoms with Gasteiger partial charge in [0.05, 0.1) is 12.6 Å². The fourth-order valence-corrected chi connectivity index (χ4v) is 12.5. The largest absolute Gasteiger partial charge is 0.480 e. The molecule has 290 valence electrons. The molecule has 0 fully saturated rings. The van der Waals surface area contributed by atoms with Gasteiger partial charge in [0.25, 0.3) is 0 Å². The lowest BCUT2D eigenvalue weighted by atomic mass is 10.0. The van der Waals surface area contributed by atoms with Gasteiger partial charge in [-0.3, -0.25) is 24.0 Å². The van der Waals surface area contributed by atoms with Crippen LogP contribution in [0.4, 0.5) is 0 Å². The van der Waals surface area contributed by atoms with Crippen molar-refractivity contribution in [1.29, 1.82) is 0 Å². The Hall–Kier alpha value is -3.87. The number of nitrogens with two attached hydrogens (primary N) is 1. The van der Waals surface area contributed by atoms with E-state index in [0.29, 0.717) is 16.6 Å². The molecule has 13 nitrogen and oxygen atoms in total. The van der Waals surface area contributed by atoms with Crippen molar-refractivity contribution in [3.63, 3.8) is 0 Å². The lowest BCUT2D eigenvalue weighted by Gasteiger charge is -2.37. The van der Waals surface area contributed by atoms with Crippen molar-refractivity contribution in [2.45, 2.75) is 129 Å². The van der Waals surface area contributed by atoms with E-state index in [4.69, 9.17) is 5.73 Å². The van der Waals surface area contributed by atoms with E-state index >= 15 is 0 Å². The van der Waals surface area contributed by atoms with Crippen molar-refractivity contribution < 1.29 is 33.9 Å². The van der Waals surface area contributed by atoms with E-state index in [0.717, 1.165) is 5.56 Å². The molecule has 0 aliphatic rings. The van der Waals surface area contributed by atoms with Gasteiger partial charge in [0, 0.05) is 12.2 Å². The van der Waals surface area contributed by atoms with Crippen molar-refractivity contribution in [3.05, 3.63) is 35.9 Å². The molecule has 5 atom stereocenters. The molecule has 15 heteroatoms. The zero-order valence-corrected chi connectivity index (χ0v) is 34.1. The first-order chi connectivity index (χ1) is 24.2. The van der Waals surface area contributed by atoms with Crippen LogP contribution < -0.4 is 32.3 Å². The highest BCUT2D eigenvalue weighted by atomic mass is 32.2. The molecule has 0 radical (unpaired) electrons. The Bertz CT molecular complexity index is 1410. The highest BCUT2D eigenvalue weighted by Crippen LogP contribution is 2.40. The third kappa shape index (κ3) is 15.0. The first kappa shape index (κ1) is 46.1. The molecule has 0 unspecified atom stereocenters. The maximum Gasteiger partial charge on any atom is 0.326 e. The first-order valence-electron chi connectivity index (χ1n) is 17.9. The van der Waals surface area contributed by atoms with Gasteiger partial charge in [-0.2, -0.15) is 0 Å². The molecular weight excluding hydrogens is 701 g/mol. The van der Waals surface area contributed by atoms with Crippen LogP contribution in [-0.2, 0) is 35.2 Å². The van der Waals surface area contributed by atoms with Crippen molar-refractivity contribution in [2.24, 2.45) is 11.7 Å². The molecule has 1 rings (SSSR count). The minimum absolute atomic E-state index is 0.0139. The van der Waals surface area contributed by atoms with E-state index in [9.17, 15) is 33.9 Å². The number of thioether (sulfide) groups is 1. The molecule has 0 aromatic heterocycles. The highest BCUT2D eigenvalue weighted by Gasteiger charge is 2.42. The van der Waals surface area contributed by atoms with E-state index in [1.165, 1.54) is 25.6 Å². The zero-order chi connectivity index (χ0) is 39.8. The van der Waals surface area contributed by atoms with Crippen LogP contribution in [0.2, 0.25) is 16.6 Å². The molecule has 52 heavy (non-hydrogen) atoms. The van der Waals surface area contributed by atoms with Crippen LogP contribution in [-0.4, -0.2) is 91.2 Å². The van der Waals surface area contributed by atoms with Gasteiger partial charge < -0.3 is 37.4 Å². The van der Waals surface area contributed by atoms with E-state index < -0.39 is 80.3 Å². The summed E-state index contributed by atoms with van der Waals surface area (Å²) in [5.41, 5.74) is 11.4. The van der Waals surface area contributed by atoms with E-state index in [1.54, 1.807) is 24.3 Å². The molecule has 5 amide bonds. The number of hydrogen-bond donors (Lipinski definition) is 7. The lowest BCUT2D eigenvalue weighted by molar-refractivity contribution is -0.142. The van der Waals surface area contributed by atoms with Crippen LogP contribution in [0.25, 0.3) is 0 Å². The van der Waals surface area contributed by atoms with Crippen molar-refractivity contribution >= 4 is 55.3 Å². The predicted molar refractivity (Wildman–Crippen MR) is 209 cm³/mol. The van der Waals surface area contributed by atoms with Crippen LogP contribution in [0.15, 0.2) is 30.3 Å². The number of carbonyl (C=O) groups is 6. The zero-order valence-electron chi connectivity index (χ0n) is 32.3. The van der Waals surface area contributed by atoms with Crippen LogP contribution in [0, 0.1) is 16.7 Å². The molecule has 0 saturated heterocycles. The summed E-state index contributed by atoms with van der Waals surface area (Å²) in [6.07, 6.45) is 0.294. The lowest BCUT2D eigenvalue weighted by Crippen LogP contribution is -2.57. The maximum absolute atomic E-state index is 13.7. The summed E-state index contributed by atoms with van der Waals surface area (Å²) in [5.74, 6) is -4.27. The third-order valence-corrected chi connectivity index (χ3v) is 16.2. The highest BCUT2D eigenvalue weighted by molar-refractivity contribution is 8.04. The number of rotatable bonds is 20. The standard InChI is InChI=1S/C37H60N6O7SSi/c1-22(2)18-30(37(49)50)42-34(46)27(10)40-32(44)20-39-35(47)29(19-28-14-12-11-13-15-28)41-36(48)31(43-33(45)26(9)38)21-51-16-17-52(23(3)4,24(5)6)25(7)8/h11-15,22-27,29-31H,18-21,38H2,1-10H3,(H,39,47)(H,40,44)(H,41,48)(H,42,46)(H,43,45)(H,49,50)/t26-,27-,29-,30-,31-/m0/s1. The monoisotopic (exact) mass is 760 g/mol. The van der Waals surface area contributed by atoms with Crippen LogP contribution in [0.5, 0.6) is 0 Å². The molecule has 1 aromatic rings. The Kier molecular flexibility index (Phi) is 19.7. The van der Waals surface area contributed by atoms with E-state index in [2.05, 4.69) is 78.9 Å². The summed E-state index contributed by atoms with van der Waals surface area (Å²) in [4.78, 5) is 76.7. The summed E-state index contributed by atoms with van der Waals surface area (Å²) in [6.45, 7) is 19.3. The fourth-order valence-electron chi connectivity index (χ4n) is 6.14. The second-order valence-electron chi connectivity index (χ2n) is 14.6. The molecule has 0 aliphatic heterocycles. The predicted octanol–water partition coefficient (Wildman–Crippen LogP) is 2.69. The summed E-state index contributed by atoms with van der Waals surface area (Å²) < 4.78 is 0. The summed E-state index contributed by atoms with van der Waals surface area (Å²) in [5, 5.41) is 25.5. The van der Waals surface area contributed by atoms with Crippen LogP contribution >= 0.6 is 11.8 Å². The number of hydrogen-bond acceptors (Lipinski definition) is 8. The second-order valence-corrected chi connectivity index (χ2v) is 21.0. The van der Waals surface area contributed by atoms with Gasteiger partial charge in [-0.15, -0.1) is 5.54 Å². The Morgan fingerprint density at radius 2 is 1.27 bits per heavy atom. The van der Waals surface area contributed by atoms with E-state index in [-0.39, 0.29) is 24.5 Å². The normalized spacial score (nSPS) is 14.4. The number of aliphatic carboxylic acids is 1. The second kappa shape index (κ2) is 22.3. The molecule has 0 saturated carbocycles. The smallest absolute Gasteiger partial charge is 0.326 e. The average Bonchev–Trinajstić information content (AvgIpc) is 3.05. The van der Waals surface area contributed by atoms with Gasteiger partial charge in [-0.1, -0.05) is 97.5 Å². The number of carbonyl (C=O) groups excluding carboxylic acids is 5. The third-order valence-electron chi connectivity index (χ3n) is 8.93. The summed E-state index contributed by atoms with van der Waals surface area (Å²) in [6, 6.07) is 3.69. The number of benzene rings is 1. The van der Waals surface area contributed by atoms with Gasteiger partial charge in [-0.25, -0.2) is 4.79 Å². The van der Waals surface area contributed by atoms with Gasteiger partial charge >= 0.3 is 5.97 Å². The molecule has 8 N–H and O–H groups in total. The van der Waals surface area contributed by atoms with Crippen LogP contribution in [0.3, 0.4) is 0 Å². The van der Waals surface area contributed by atoms with Crippen molar-refractivity contribution in [3.8, 4) is 10.8 Å². The number of amides is 5. The van der Waals surface area contributed by atoms with Crippen LogP contribution in [0.1, 0.15) is 81.2 Å². The maximum atomic E-state index is 13.7. The number of carboxylic acid groups (broad SMARTS) is 1. The molecule has 1 aromatic carbocycles. The summed E-state index contributed by atoms with van der Waals surface area (Å²) >= 11 is 1.23. The Balaban J connectivity index is 3.15. The first-order valence-corrected chi connectivity index (χ1v) is 21.1. The molecule has 0 heterocycles. The van der Waals surface area contributed by atoms with Gasteiger partial charge in [0.2, 0.25) is 29.5 Å². The summed E-state index contributed by atoms with van der Waals surface area (Å²) in [7, 11) is -2.04. The number of carboxylic acids is 1. The molecule has 0 bridgehead atoms. The molecular formula is C37H60N6O7SSi. The number of nitrogens with one attached hydrogen (secondary N) is 5. The van der Waals surface area contributed by atoms with E-state index in [1.807, 2.05) is 19.9 Å². The van der Waals surface area contributed by atoms with Crippen molar-refractivity contribution in [1.82, 2.24) is 26.6 Å². The Morgan fingerprint density at radius 3 is 1.77 bits per heavy atom. The average molecular weight is 761 g/mol. The topological polar surface area (TPSA) is 209 Å². The Labute approximate surface area is 314 Å². The SMILES string of the molecule is CC(C)C[C@H](NC(=O)[C@H](C)NC(=O)CNC(=O)[C@H](Cc1ccccc1)NC(=O)[C@H](CSC#C[Si](C(C)C)(C(C)C)C(C)C)NC(=O)[C@H](C)N)C(=O)O. The van der Waals surface area contributed by atoms with Gasteiger partial charge in [-0.05, 0) is 53.6 Å². The fraction of sp³-hybridized carbons (Fsp3) is 0.622. The minimum Gasteiger partial charge on any atom is -0.480 e. The molecule has 0 aliphatic carbocycles. The van der Waals surface area contributed by atoms with Gasteiger partial charge in [0.1, 0.15) is 32.2 Å².